The van der Waals surface area contributed by atoms with Gasteiger partial charge in [-0.1, -0.05) is 25.5 Å². The van der Waals surface area contributed by atoms with Gasteiger partial charge in [0.1, 0.15) is 53.6 Å². The number of ketones is 1. The Morgan fingerprint density at radius 2 is 1.07 bits per heavy atom. The summed E-state index contributed by atoms with van der Waals surface area (Å²) in [6, 6.07) is 0. The van der Waals surface area contributed by atoms with Crippen molar-refractivity contribution < 1.29 is 91.6 Å². The second-order valence-corrected chi connectivity index (χ2v) is 22.0. The van der Waals surface area contributed by atoms with E-state index < -0.39 is 144 Å². The van der Waals surface area contributed by atoms with E-state index in [1.54, 1.807) is 42.3 Å². The van der Waals surface area contributed by atoms with Gasteiger partial charge in [0.15, 0.2) is 25.2 Å². The number of hydrogen-bond acceptors (Lipinski definition) is 19. The Morgan fingerprint density at radius 1 is 0.614 bits per heavy atom. The summed E-state index contributed by atoms with van der Waals surface area (Å²) in [6.45, 7) is 13.9. The van der Waals surface area contributed by atoms with Crippen LogP contribution in [0.3, 0.4) is 0 Å². The van der Waals surface area contributed by atoms with Crippen LogP contribution in [0.4, 0.5) is 0 Å². The zero-order valence-corrected chi connectivity index (χ0v) is 43.2. The Hall–Kier alpha value is -1.76. The minimum Gasteiger partial charge on any atom is -0.459 e. The lowest BCUT2D eigenvalue weighted by Crippen LogP contribution is -2.80. The maximum absolute atomic E-state index is 12.9. The van der Waals surface area contributed by atoms with Crippen LogP contribution in [0.1, 0.15) is 120 Å². The summed E-state index contributed by atoms with van der Waals surface area (Å²) in [4.78, 5) is 25.6. The van der Waals surface area contributed by atoms with Crippen molar-refractivity contribution in [2.75, 3.05) is 28.4 Å². The van der Waals surface area contributed by atoms with Crippen molar-refractivity contribution in [3.63, 3.8) is 0 Å². The minimum atomic E-state index is -1.79. The molecule has 0 aromatic carbocycles. The molecule has 0 aromatic rings. The summed E-state index contributed by atoms with van der Waals surface area (Å²) in [5.41, 5.74) is -4.73. The maximum Gasteiger partial charge on any atom is 0.303 e. The Kier molecular flexibility index (Phi) is 16.4. The number of rotatable bonds is 14. The number of hydrogen-bond donors (Lipinski definition) is 4. The lowest BCUT2D eigenvalue weighted by Gasteiger charge is -2.68. The van der Waals surface area contributed by atoms with Crippen molar-refractivity contribution in [1.82, 2.24) is 0 Å². The maximum atomic E-state index is 12.9. The number of Topliss-reactive ketones (excluding diaryl/α,β-unsaturated/α-hetero) is 1. The molecule has 0 spiro atoms. The first kappa shape index (κ1) is 54.5. The number of ether oxygens (including phenoxy) is 13. The van der Waals surface area contributed by atoms with Gasteiger partial charge in [0.05, 0.1) is 54.9 Å². The van der Waals surface area contributed by atoms with Crippen LogP contribution in [0.15, 0.2) is 11.6 Å². The number of carbonyl (C=O) groups excluding carboxylic acids is 2. The highest BCUT2D eigenvalue weighted by Gasteiger charge is 2.80. The fourth-order valence-corrected chi connectivity index (χ4v) is 14.5. The molecular formula is C51H82O19. The quantitative estimate of drug-likeness (QED) is 0.144. The van der Waals surface area contributed by atoms with E-state index in [0.29, 0.717) is 51.4 Å². The molecule has 4 N–H and O–H groups in total. The first-order valence-corrected chi connectivity index (χ1v) is 25.6. The van der Waals surface area contributed by atoms with Crippen LogP contribution in [0.5, 0.6) is 0 Å². The van der Waals surface area contributed by atoms with E-state index in [2.05, 4.69) is 6.08 Å². The molecule has 0 unspecified atom stereocenters. The molecule has 3 saturated carbocycles. The molecule has 4 aliphatic carbocycles. The highest BCUT2D eigenvalue weighted by molar-refractivity contribution is 5.80. The van der Waals surface area contributed by atoms with Gasteiger partial charge in [-0.2, -0.15) is 0 Å². The van der Waals surface area contributed by atoms with Gasteiger partial charge in [-0.05, 0) is 78.6 Å². The van der Waals surface area contributed by atoms with Gasteiger partial charge in [-0.25, -0.2) is 0 Å². The molecule has 19 heteroatoms. The van der Waals surface area contributed by atoms with Crippen molar-refractivity contribution in [2.24, 2.45) is 22.7 Å². The smallest absolute Gasteiger partial charge is 0.303 e. The van der Waals surface area contributed by atoms with Crippen molar-refractivity contribution >= 4 is 11.8 Å². The molecule has 8 rings (SSSR count). The summed E-state index contributed by atoms with van der Waals surface area (Å²) >= 11 is 0. The normalized spacial score (nSPS) is 51.7. The molecule has 0 radical (unpaired) electrons. The van der Waals surface area contributed by atoms with Gasteiger partial charge in [0, 0.05) is 78.3 Å². The molecule has 8 aliphatic rings. The Morgan fingerprint density at radius 3 is 1.53 bits per heavy atom. The fourth-order valence-electron chi connectivity index (χ4n) is 14.5. The topological polar surface area (TPSA) is 235 Å². The largest absolute Gasteiger partial charge is 0.459 e. The minimum absolute atomic E-state index is 0.145. The van der Waals surface area contributed by atoms with Crippen LogP contribution in [-0.4, -0.2) is 189 Å². The van der Waals surface area contributed by atoms with E-state index in [1.807, 2.05) is 27.7 Å². The third-order valence-electron chi connectivity index (χ3n) is 18.2. The van der Waals surface area contributed by atoms with Crippen LogP contribution >= 0.6 is 0 Å². The second-order valence-electron chi connectivity index (χ2n) is 22.0. The van der Waals surface area contributed by atoms with Crippen molar-refractivity contribution in [2.45, 2.75) is 248 Å². The summed E-state index contributed by atoms with van der Waals surface area (Å²) in [5, 5.41) is 48.0. The van der Waals surface area contributed by atoms with Crippen molar-refractivity contribution in [1.29, 1.82) is 0 Å². The predicted molar refractivity (Wildman–Crippen MR) is 246 cm³/mol. The molecular weight excluding hydrogens is 917 g/mol. The third kappa shape index (κ3) is 9.50. The summed E-state index contributed by atoms with van der Waals surface area (Å²) in [5.74, 6) is -2.34. The molecule has 25 atom stereocenters. The van der Waals surface area contributed by atoms with Gasteiger partial charge in [0.2, 0.25) is 0 Å². The van der Waals surface area contributed by atoms with E-state index in [9.17, 15) is 30.0 Å². The molecule has 4 heterocycles. The lowest BCUT2D eigenvalue weighted by molar-refractivity contribution is -0.347. The van der Waals surface area contributed by atoms with Crippen LogP contribution in [0.25, 0.3) is 0 Å². The number of esters is 1. The average molecular weight is 999 g/mol. The van der Waals surface area contributed by atoms with Gasteiger partial charge in [0.25, 0.3) is 0 Å². The lowest BCUT2D eigenvalue weighted by atomic mass is 9.41. The monoisotopic (exact) mass is 999 g/mol. The number of aliphatic hydroxyl groups excluding tert-OH is 2. The van der Waals surface area contributed by atoms with E-state index in [4.69, 9.17) is 61.6 Å². The molecule has 7 fully saturated rings. The average Bonchev–Trinajstić information content (AvgIpc) is 3.61. The van der Waals surface area contributed by atoms with E-state index >= 15 is 0 Å². The van der Waals surface area contributed by atoms with Crippen LogP contribution in [-0.2, 0) is 71.2 Å². The molecule has 19 nitrogen and oxygen atoms in total. The molecule has 400 valence electrons. The highest BCUT2D eigenvalue weighted by atomic mass is 16.8. The molecule has 4 saturated heterocycles. The highest BCUT2D eigenvalue weighted by Crippen LogP contribution is 2.70. The Bertz CT molecular complexity index is 1870. The zero-order chi connectivity index (χ0) is 50.8. The summed E-state index contributed by atoms with van der Waals surface area (Å²) < 4.78 is 80.9. The summed E-state index contributed by atoms with van der Waals surface area (Å²) in [6.07, 6.45) is -5.40. The van der Waals surface area contributed by atoms with Crippen LogP contribution in [0, 0.1) is 22.7 Å². The van der Waals surface area contributed by atoms with Crippen LogP contribution < -0.4 is 0 Å². The Labute approximate surface area is 412 Å². The SMILES string of the molecule is CO[C@@H]1C[C@H](O[C@@H]2[C@@H](C)O[C@@H](O[C@@H]3[C@@H](C)O[C@@H](O[C@@H]4[C@@H](C)O[C@@H](O[C@@H]5C=C6CC[C@]7(O)[C@@H]([C@H](OC(C)=O)[C@@H](O)[C@]8(C)[C@@H](C(C)=O)CC[C@]87O)[C@@]6(C)CC5)C[C@H]4OC)C[C@H]3OC)C[C@H]2OC)O[C@H](C)[C@H]1O. The molecule has 0 bridgehead atoms. The van der Waals surface area contributed by atoms with Crippen LogP contribution in [0.2, 0.25) is 0 Å². The predicted octanol–water partition coefficient (Wildman–Crippen LogP) is 3.40. The van der Waals surface area contributed by atoms with Crippen molar-refractivity contribution in [3.05, 3.63) is 11.6 Å². The number of fused-ring (bicyclic) bond motifs is 5. The summed E-state index contributed by atoms with van der Waals surface area (Å²) in [7, 11) is 6.46. The molecule has 0 amide bonds. The van der Waals surface area contributed by atoms with Gasteiger partial charge in [-0.15, -0.1) is 0 Å². The van der Waals surface area contributed by atoms with Crippen molar-refractivity contribution in [3.8, 4) is 0 Å². The number of methoxy groups -OCH3 is 4. The number of allylic oxidation sites excluding steroid dienone is 1. The fraction of sp³-hybridized carbons (Fsp3) is 0.922. The number of aliphatic hydroxyl groups is 4. The van der Waals surface area contributed by atoms with E-state index in [-0.39, 0.29) is 30.8 Å². The van der Waals surface area contributed by atoms with Gasteiger partial charge in [-0.3, -0.25) is 9.59 Å². The Balaban J connectivity index is 0.877. The standard InChI is InChI=1S/C51H82O19/c1-24(52)32-15-18-51(57)49(32,8)47(55)45(66-29(6)53)46-48(7)16-14-31(19-30(48)13-17-50(46,51)56)67-37-21-34(59-10)42(26(3)63-37)69-39-23-36(61-12)44(28(5)65-39)70-40-22-35(60-11)43(27(4)64-40)68-38-20-33(58-9)41(54)25(2)62-38/h19,25-28,31-47,54-57H,13-18,20-23H2,1-12H3/t25-,26-,27-,28-,31+,32-,33-,34-,35-,36-,37+,38+,39+,40+,41-,42-,43-,44-,45+,46+,47-,48+,49+,50+,51+/m1/s1. The zero-order valence-electron chi connectivity index (χ0n) is 43.2. The number of carbonyl (C=O) groups is 2. The molecule has 70 heavy (non-hydrogen) atoms. The van der Waals surface area contributed by atoms with Gasteiger partial charge < -0.3 is 82.0 Å². The molecule has 0 aromatic heterocycles. The second kappa shape index (κ2) is 21.1. The first-order valence-electron chi connectivity index (χ1n) is 25.6. The van der Waals surface area contributed by atoms with E-state index in [1.165, 1.54) is 13.8 Å². The van der Waals surface area contributed by atoms with Gasteiger partial charge >= 0.3 is 5.97 Å². The molecule has 4 aliphatic heterocycles. The van der Waals surface area contributed by atoms with E-state index in [0.717, 1.165) is 5.57 Å². The first-order chi connectivity index (χ1) is 33.1. The third-order valence-corrected chi connectivity index (χ3v) is 18.2.